The molecular formula is C22H21N3O5S2. The SMILES string of the molecule is COC(=O)c1ccc(C(=O)OC)c(NC(=O)CSc2nc(C)nc3sc4c(c23)CCC4)c1. The van der Waals surface area contributed by atoms with Crippen LogP contribution in [-0.4, -0.2) is 47.8 Å². The summed E-state index contributed by atoms with van der Waals surface area (Å²) < 4.78 is 9.51. The van der Waals surface area contributed by atoms with Gasteiger partial charge in [-0.25, -0.2) is 19.6 Å². The minimum Gasteiger partial charge on any atom is -0.465 e. The highest BCUT2D eigenvalue weighted by molar-refractivity contribution is 8.00. The smallest absolute Gasteiger partial charge is 0.339 e. The van der Waals surface area contributed by atoms with Gasteiger partial charge in [0.15, 0.2) is 0 Å². The molecule has 1 amide bonds. The highest BCUT2D eigenvalue weighted by Crippen LogP contribution is 2.40. The Bertz CT molecular complexity index is 1240. The lowest BCUT2D eigenvalue weighted by molar-refractivity contribution is -0.113. The molecule has 2 heterocycles. The maximum Gasteiger partial charge on any atom is 0.339 e. The molecule has 2 aromatic heterocycles. The van der Waals surface area contributed by atoms with Gasteiger partial charge in [-0.3, -0.25) is 4.79 Å². The molecule has 1 aliphatic carbocycles. The zero-order valence-electron chi connectivity index (χ0n) is 17.8. The Kier molecular flexibility index (Phi) is 6.43. The van der Waals surface area contributed by atoms with Gasteiger partial charge in [0, 0.05) is 10.3 Å². The molecule has 0 spiro atoms. The number of anilines is 1. The van der Waals surface area contributed by atoms with Gasteiger partial charge in [-0.15, -0.1) is 11.3 Å². The first-order chi connectivity index (χ1) is 15.4. The van der Waals surface area contributed by atoms with E-state index in [1.54, 1.807) is 11.3 Å². The molecule has 0 bridgehead atoms. The number of hydrogen-bond acceptors (Lipinski definition) is 9. The summed E-state index contributed by atoms with van der Waals surface area (Å²) in [6.07, 6.45) is 3.19. The fourth-order valence-corrected chi connectivity index (χ4v) is 5.94. The lowest BCUT2D eigenvalue weighted by Gasteiger charge is -2.11. The number of nitrogens with one attached hydrogen (secondary N) is 1. The van der Waals surface area contributed by atoms with Crippen molar-refractivity contribution in [3.8, 4) is 0 Å². The van der Waals surface area contributed by atoms with Crippen LogP contribution >= 0.6 is 23.1 Å². The second-order valence-corrected chi connectivity index (χ2v) is 9.24. The third-order valence-corrected chi connectivity index (χ3v) is 7.26. The number of carbonyl (C=O) groups is 3. The van der Waals surface area contributed by atoms with Crippen molar-refractivity contribution in [3.05, 3.63) is 45.6 Å². The number of rotatable bonds is 6. The topological polar surface area (TPSA) is 107 Å². The number of nitrogens with zero attached hydrogens (tertiary/aromatic N) is 2. The van der Waals surface area contributed by atoms with Crippen molar-refractivity contribution >= 4 is 56.8 Å². The summed E-state index contributed by atoms with van der Waals surface area (Å²) in [7, 11) is 2.51. The number of thiophene rings is 1. The number of thioether (sulfide) groups is 1. The van der Waals surface area contributed by atoms with E-state index in [1.807, 2.05) is 6.92 Å². The van der Waals surface area contributed by atoms with Gasteiger partial charge < -0.3 is 14.8 Å². The zero-order valence-corrected chi connectivity index (χ0v) is 19.4. The van der Waals surface area contributed by atoms with Crippen molar-refractivity contribution in [1.82, 2.24) is 9.97 Å². The number of hydrogen-bond donors (Lipinski definition) is 1. The average molecular weight is 472 g/mol. The van der Waals surface area contributed by atoms with Crippen LogP contribution in [0.25, 0.3) is 10.2 Å². The van der Waals surface area contributed by atoms with E-state index in [0.717, 1.165) is 34.5 Å². The Labute approximate surface area is 192 Å². The Morgan fingerprint density at radius 1 is 1.12 bits per heavy atom. The number of fused-ring (bicyclic) bond motifs is 3. The molecule has 1 aromatic carbocycles. The lowest BCUT2D eigenvalue weighted by Crippen LogP contribution is -2.18. The second-order valence-electron chi connectivity index (χ2n) is 7.19. The minimum absolute atomic E-state index is 0.0826. The van der Waals surface area contributed by atoms with Crippen molar-refractivity contribution in [2.45, 2.75) is 31.2 Å². The molecule has 166 valence electrons. The van der Waals surface area contributed by atoms with Gasteiger partial charge in [-0.1, -0.05) is 11.8 Å². The van der Waals surface area contributed by atoms with Crippen LogP contribution in [0, 0.1) is 6.92 Å². The standard InChI is InChI=1S/C22H21N3O5S2/c1-11-23-19(18-14-5-4-6-16(14)32-20(18)24-11)31-10-17(26)25-15-9-12(21(27)29-2)7-8-13(15)22(28)30-3/h7-9H,4-6,10H2,1-3H3,(H,25,26). The molecular weight excluding hydrogens is 450 g/mol. The van der Waals surface area contributed by atoms with Crippen molar-refractivity contribution in [1.29, 1.82) is 0 Å². The predicted octanol–water partition coefficient (Wildman–Crippen LogP) is 3.79. The first-order valence-corrected chi connectivity index (χ1v) is 11.7. The van der Waals surface area contributed by atoms with E-state index in [4.69, 9.17) is 9.47 Å². The van der Waals surface area contributed by atoms with Gasteiger partial charge in [0.25, 0.3) is 0 Å². The maximum absolute atomic E-state index is 12.8. The second kappa shape index (κ2) is 9.25. The summed E-state index contributed by atoms with van der Waals surface area (Å²) in [4.78, 5) is 48.2. The van der Waals surface area contributed by atoms with E-state index >= 15 is 0 Å². The molecule has 0 radical (unpaired) electrons. The summed E-state index contributed by atoms with van der Waals surface area (Å²) in [6.45, 7) is 1.84. The van der Waals surface area contributed by atoms with Crippen molar-refractivity contribution in [2.24, 2.45) is 0 Å². The fourth-order valence-electron chi connectivity index (χ4n) is 3.67. The van der Waals surface area contributed by atoms with E-state index in [0.29, 0.717) is 5.82 Å². The predicted molar refractivity (Wildman–Crippen MR) is 123 cm³/mol. The number of aryl methyl sites for hydroxylation is 3. The number of aromatic nitrogens is 2. The van der Waals surface area contributed by atoms with Crippen LogP contribution in [0.3, 0.4) is 0 Å². The van der Waals surface area contributed by atoms with Gasteiger partial charge in [0.2, 0.25) is 5.91 Å². The molecule has 32 heavy (non-hydrogen) atoms. The third kappa shape index (κ3) is 4.33. The van der Waals surface area contributed by atoms with Gasteiger partial charge in [-0.05, 0) is 49.9 Å². The largest absolute Gasteiger partial charge is 0.465 e. The number of carbonyl (C=O) groups excluding carboxylic acids is 3. The zero-order chi connectivity index (χ0) is 22.8. The first kappa shape index (κ1) is 22.2. The third-order valence-electron chi connectivity index (χ3n) is 5.10. The van der Waals surface area contributed by atoms with Crippen molar-refractivity contribution in [3.63, 3.8) is 0 Å². The summed E-state index contributed by atoms with van der Waals surface area (Å²) in [6, 6.07) is 4.27. The van der Waals surface area contributed by atoms with E-state index in [2.05, 4.69) is 15.3 Å². The molecule has 3 aromatic rings. The van der Waals surface area contributed by atoms with Crippen LogP contribution in [0.2, 0.25) is 0 Å². The monoisotopic (exact) mass is 471 g/mol. The van der Waals surface area contributed by atoms with Crippen LogP contribution in [0.1, 0.15) is 43.4 Å². The molecule has 1 N–H and O–H groups in total. The summed E-state index contributed by atoms with van der Waals surface area (Å²) in [5, 5.41) is 4.56. The molecule has 8 nitrogen and oxygen atoms in total. The van der Waals surface area contributed by atoms with Crippen LogP contribution in [-0.2, 0) is 27.1 Å². The van der Waals surface area contributed by atoms with Gasteiger partial charge in [0.1, 0.15) is 15.7 Å². The quantitative estimate of drug-likeness (QED) is 0.329. The van der Waals surface area contributed by atoms with Crippen molar-refractivity contribution in [2.75, 3.05) is 25.3 Å². The lowest BCUT2D eigenvalue weighted by atomic mass is 10.1. The maximum atomic E-state index is 12.8. The van der Waals surface area contributed by atoms with Gasteiger partial charge in [-0.2, -0.15) is 0 Å². The van der Waals surface area contributed by atoms with Crippen LogP contribution in [0.4, 0.5) is 5.69 Å². The van der Waals surface area contributed by atoms with Crippen molar-refractivity contribution < 1.29 is 23.9 Å². The summed E-state index contributed by atoms with van der Waals surface area (Å²) in [5.41, 5.74) is 1.84. The molecule has 0 aliphatic heterocycles. The Balaban J connectivity index is 1.56. The van der Waals surface area contributed by atoms with Gasteiger partial charge >= 0.3 is 11.9 Å². The molecule has 4 rings (SSSR count). The first-order valence-electron chi connectivity index (χ1n) is 9.93. The Hall–Kier alpha value is -2.98. The minimum atomic E-state index is -0.619. The van der Waals surface area contributed by atoms with Crippen LogP contribution < -0.4 is 5.32 Å². The van der Waals surface area contributed by atoms with Crippen LogP contribution in [0.5, 0.6) is 0 Å². The number of methoxy groups -OCH3 is 2. The Morgan fingerprint density at radius 2 is 1.91 bits per heavy atom. The average Bonchev–Trinajstić information content (AvgIpc) is 3.37. The Morgan fingerprint density at radius 3 is 2.66 bits per heavy atom. The number of ether oxygens (including phenoxy) is 2. The number of amides is 1. The van der Waals surface area contributed by atoms with E-state index in [9.17, 15) is 14.4 Å². The van der Waals surface area contributed by atoms with E-state index < -0.39 is 11.9 Å². The van der Waals surface area contributed by atoms with E-state index in [1.165, 1.54) is 54.6 Å². The van der Waals surface area contributed by atoms with Gasteiger partial charge in [0.05, 0.1) is 36.8 Å². The molecule has 0 saturated carbocycles. The molecule has 0 fully saturated rings. The van der Waals surface area contributed by atoms with E-state index in [-0.39, 0.29) is 28.5 Å². The summed E-state index contributed by atoms with van der Waals surface area (Å²) >= 11 is 3.04. The number of esters is 2. The molecule has 1 aliphatic rings. The highest BCUT2D eigenvalue weighted by Gasteiger charge is 2.23. The molecule has 10 heteroatoms. The molecule has 0 atom stereocenters. The molecule has 0 saturated heterocycles. The molecule has 0 unspecified atom stereocenters. The summed E-state index contributed by atoms with van der Waals surface area (Å²) in [5.74, 6) is -0.778. The van der Waals surface area contributed by atoms with Crippen LogP contribution in [0.15, 0.2) is 23.2 Å². The number of benzene rings is 1. The highest BCUT2D eigenvalue weighted by atomic mass is 32.2. The normalized spacial score (nSPS) is 12.5. The fraction of sp³-hybridized carbons (Fsp3) is 0.318.